The van der Waals surface area contributed by atoms with Crippen molar-refractivity contribution >= 4 is 30.3 Å². The second kappa shape index (κ2) is 17.6. The van der Waals surface area contributed by atoms with E-state index in [0.29, 0.717) is 36.0 Å². The Morgan fingerprint density at radius 3 is 2.32 bits per heavy atom. The highest BCUT2D eigenvalue weighted by atomic mass is 19.1. The van der Waals surface area contributed by atoms with Gasteiger partial charge < -0.3 is 47.7 Å². The third kappa shape index (κ3) is 8.02. The predicted molar refractivity (Wildman–Crippen MR) is 233 cm³/mol. The second-order valence-corrected chi connectivity index (χ2v) is 19.7. The van der Waals surface area contributed by atoms with E-state index in [1.165, 1.54) is 26.3 Å². The average Bonchev–Trinajstić information content (AvgIpc) is 3.90. The summed E-state index contributed by atoms with van der Waals surface area (Å²) in [6.07, 6.45) is -7.04. The molecule has 2 aromatic carbocycles. The van der Waals surface area contributed by atoms with Gasteiger partial charge in [0, 0.05) is 36.4 Å². The summed E-state index contributed by atoms with van der Waals surface area (Å²) < 4.78 is 71.6. The number of carbonyl (C=O) groups excluding carboxylic acids is 5. The van der Waals surface area contributed by atoms with Gasteiger partial charge in [-0.15, -0.1) is 0 Å². The maximum atomic E-state index is 16.0. The minimum absolute atomic E-state index is 0.0984. The highest BCUT2D eigenvalue weighted by Crippen LogP contribution is 2.62. The van der Waals surface area contributed by atoms with E-state index in [-0.39, 0.29) is 17.9 Å². The summed E-state index contributed by atoms with van der Waals surface area (Å²) in [6, 6.07) is 15.6. The summed E-state index contributed by atoms with van der Waals surface area (Å²) in [5.74, 6) is -4.51. The first kappa shape index (κ1) is 47.3. The molecule has 4 heterocycles. The first-order valence-electron chi connectivity index (χ1n) is 22.7. The van der Waals surface area contributed by atoms with Crippen LogP contribution in [0.3, 0.4) is 0 Å². The lowest BCUT2D eigenvalue weighted by atomic mass is 9.49. The molecule has 1 N–H and O–H groups in total. The zero-order valence-electron chi connectivity index (χ0n) is 38.7. The number of aldehydes is 1. The van der Waals surface area contributed by atoms with Crippen LogP contribution in [0.5, 0.6) is 5.75 Å². The molecule has 13 atom stereocenters. The van der Waals surface area contributed by atoms with Crippen LogP contribution in [0.4, 0.5) is 9.18 Å². The van der Waals surface area contributed by atoms with Gasteiger partial charge in [0.15, 0.2) is 24.2 Å². The number of aromatic nitrogens is 1. The zero-order chi connectivity index (χ0) is 48.5. The number of amides is 1. The molecule has 3 saturated heterocycles. The summed E-state index contributed by atoms with van der Waals surface area (Å²) in [4.78, 5) is 74.7. The average molecular weight is 943 g/mol. The Kier molecular flexibility index (Phi) is 12.3. The van der Waals surface area contributed by atoms with Crippen LogP contribution in [-0.2, 0) is 52.3 Å². The Hall–Kier alpha value is -5.79. The summed E-state index contributed by atoms with van der Waals surface area (Å²) in [5.41, 5.74) is -5.42. The molecule has 3 aliphatic heterocycles. The van der Waals surface area contributed by atoms with Crippen molar-refractivity contribution in [2.45, 2.75) is 133 Å². The summed E-state index contributed by atoms with van der Waals surface area (Å²) in [6.45, 7) is 9.58. The van der Waals surface area contributed by atoms with E-state index in [9.17, 15) is 24.3 Å². The van der Waals surface area contributed by atoms with Crippen molar-refractivity contribution in [3.8, 4) is 5.75 Å². The van der Waals surface area contributed by atoms with E-state index < -0.39 is 125 Å². The number of rotatable bonds is 9. The van der Waals surface area contributed by atoms with Crippen molar-refractivity contribution < 1.29 is 76.1 Å². The highest BCUT2D eigenvalue weighted by molar-refractivity contribution is 5.89. The minimum atomic E-state index is -2.16. The maximum absolute atomic E-state index is 16.0. The van der Waals surface area contributed by atoms with E-state index in [4.69, 9.17) is 42.6 Å². The third-order valence-corrected chi connectivity index (χ3v) is 14.3. The molecule has 2 bridgehead atoms. The molecular formula is C50H55FN2O15. The van der Waals surface area contributed by atoms with Crippen LogP contribution in [0.2, 0.25) is 0 Å². The molecular weight excluding hydrogens is 888 g/mol. The molecule has 1 amide bonds. The minimum Gasteiger partial charge on any atom is -0.497 e. The molecule has 362 valence electrons. The van der Waals surface area contributed by atoms with Gasteiger partial charge in [-0.3, -0.25) is 19.5 Å². The van der Waals surface area contributed by atoms with Crippen molar-refractivity contribution in [1.29, 1.82) is 0 Å². The monoisotopic (exact) mass is 942 g/mol. The largest absolute Gasteiger partial charge is 0.497 e. The number of fused-ring (bicyclic) bond motifs is 8. The van der Waals surface area contributed by atoms with Crippen LogP contribution >= 0.6 is 0 Å². The maximum Gasteiger partial charge on any atom is 0.413 e. The third-order valence-electron chi connectivity index (χ3n) is 14.3. The first-order valence-corrected chi connectivity index (χ1v) is 22.7. The van der Waals surface area contributed by atoms with E-state index in [1.807, 2.05) is 0 Å². The molecule has 6 aliphatic rings. The van der Waals surface area contributed by atoms with Crippen LogP contribution in [0, 0.1) is 23.1 Å². The van der Waals surface area contributed by atoms with Crippen LogP contribution in [-0.4, -0.2) is 119 Å². The molecule has 2 saturated carbocycles. The number of nitrogens with zero attached hydrogens (tertiary/aromatic N) is 2. The summed E-state index contributed by atoms with van der Waals surface area (Å²) >= 11 is 0. The van der Waals surface area contributed by atoms with Gasteiger partial charge in [-0.2, -0.15) is 0 Å². The lowest BCUT2D eigenvalue weighted by Gasteiger charge is -2.64. The molecule has 68 heavy (non-hydrogen) atoms. The quantitative estimate of drug-likeness (QED) is 0.115. The van der Waals surface area contributed by atoms with Crippen LogP contribution in [0.1, 0.15) is 94.7 Å². The van der Waals surface area contributed by atoms with Gasteiger partial charge in [0.1, 0.15) is 58.9 Å². The topological polar surface area (TPSA) is 205 Å². The van der Waals surface area contributed by atoms with E-state index >= 15 is 9.18 Å². The molecule has 3 aliphatic carbocycles. The van der Waals surface area contributed by atoms with Gasteiger partial charge in [0.25, 0.3) is 0 Å². The van der Waals surface area contributed by atoms with Gasteiger partial charge in [-0.25, -0.2) is 18.8 Å². The van der Waals surface area contributed by atoms with Crippen molar-refractivity contribution in [3.63, 3.8) is 0 Å². The van der Waals surface area contributed by atoms with Crippen molar-refractivity contribution in [1.82, 2.24) is 9.88 Å². The molecule has 3 aromatic rings. The lowest BCUT2D eigenvalue weighted by molar-refractivity contribution is -0.329. The number of aliphatic hydroxyl groups is 1. The Morgan fingerprint density at radius 1 is 0.956 bits per heavy atom. The number of carbonyl (C=O) groups is 5. The van der Waals surface area contributed by atoms with Gasteiger partial charge in [0.2, 0.25) is 6.29 Å². The Balaban J connectivity index is 1.17. The molecule has 1 aromatic heterocycles. The second-order valence-electron chi connectivity index (χ2n) is 19.7. The fraction of sp³-hybridized carbons (Fsp3) is 0.520. The Bertz CT molecular complexity index is 2480. The van der Waals surface area contributed by atoms with Crippen LogP contribution in [0.25, 0.3) is 0 Å². The summed E-state index contributed by atoms with van der Waals surface area (Å²) in [7, 11) is 1.49. The number of hydrogen-bond acceptors (Lipinski definition) is 16. The molecule has 5 fully saturated rings. The standard InChI is InChI=1S/C50H55FN2O15/c1-26(55)67-49-25-61-34(49)20-19-31-36(49)42(66-44(56)28-12-9-8-10-13-28)50(59)23-30(22-32(48(50,5)6)40-39(31)63-35(24-54)64-40)62-45(57)41-38(37-33(51)14-11-21-52-37)53(46(58)68-47(2,3)4)43(65-41)27-15-17-29(60-7)18-16-27/h8-18,21-22,24,30-31,34-36,38-43,59H,19-20,23,25H2,1-7H3/t30-,31?,34-,35+,36?,38+,39+,40-,41?,42+,43?,49+,50-/m1/s1. The molecule has 0 spiro atoms. The number of pyridine rings is 1. The number of benzene rings is 2. The normalized spacial score (nSPS) is 34.5. The van der Waals surface area contributed by atoms with E-state index in [1.54, 1.807) is 95.3 Å². The summed E-state index contributed by atoms with van der Waals surface area (Å²) in [5, 5.41) is 13.8. The van der Waals surface area contributed by atoms with Gasteiger partial charge in [0.05, 0.1) is 25.4 Å². The Labute approximate surface area is 392 Å². The molecule has 4 unspecified atom stereocenters. The molecule has 17 nitrogen and oxygen atoms in total. The van der Waals surface area contributed by atoms with Crippen molar-refractivity contribution in [2.24, 2.45) is 17.3 Å². The fourth-order valence-electron chi connectivity index (χ4n) is 11.2. The smallest absolute Gasteiger partial charge is 0.413 e. The first-order chi connectivity index (χ1) is 32.3. The zero-order valence-corrected chi connectivity index (χ0v) is 38.7. The predicted octanol–water partition coefficient (Wildman–Crippen LogP) is 5.88. The van der Waals surface area contributed by atoms with E-state index in [0.717, 1.165) is 11.0 Å². The number of methoxy groups -OCH3 is 1. The van der Waals surface area contributed by atoms with Crippen LogP contribution in [0.15, 0.2) is 84.6 Å². The molecule has 9 rings (SSSR count). The van der Waals surface area contributed by atoms with Crippen molar-refractivity contribution in [3.05, 3.63) is 107 Å². The van der Waals surface area contributed by atoms with Gasteiger partial charge >= 0.3 is 24.0 Å². The van der Waals surface area contributed by atoms with E-state index in [2.05, 4.69) is 4.98 Å². The fourth-order valence-corrected chi connectivity index (χ4v) is 11.2. The Morgan fingerprint density at radius 2 is 1.69 bits per heavy atom. The number of esters is 3. The number of ether oxygens (including phenoxy) is 9. The van der Waals surface area contributed by atoms with Crippen LogP contribution < -0.4 is 4.74 Å². The lowest BCUT2D eigenvalue weighted by Crippen LogP contribution is -2.77. The highest BCUT2D eigenvalue weighted by Gasteiger charge is 2.74. The number of halogens is 1. The molecule has 18 heteroatoms. The van der Waals surface area contributed by atoms with Gasteiger partial charge in [-0.05, 0) is 87.6 Å². The van der Waals surface area contributed by atoms with Gasteiger partial charge in [-0.1, -0.05) is 44.2 Å². The van der Waals surface area contributed by atoms with Crippen molar-refractivity contribution in [2.75, 3.05) is 13.7 Å². The molecule has 0 radical (unpaired) electrons. The SMILES string of the molecule is COc1ccc(C2OC(C(=O)O[C@@H]3C=C4[C@H]5O[C@@H](C=O)O[C@H]5C5CC[C@H]6OC[C@@]6(OC(C)=O)C5[C@H](OC(=O)c5ccccc5)[C@](O)(C3)C4(C)C)[C@H](c3ncccc3F)N2C(=O)OC(C)(C)C)cc1. The number of hydrogen-bond donors (Lipinski definition) is 1.